The van der Waals surface area contributed by atoms with E-state index in [1.807, 2.05) is 6.07 Å². The van der Waals surface area contributed by atoms with Crippen molar-refractivity contribution in [3.8, 4) is 0 Å². The highest BCUT2D eigenvalue weighted by Gasteiger charge is 2.34. The lowest BCUT2D eigenvalue weighted by atomic mass is 9.89. The molecule has 0 fully saturated rings. The second kappa shape index (κ2) is 11.3. The largest absolute Gasteiger partial charge is 0.468 e. The molecule has 0 unspecified atom stereocenters. The van der Waals surface area contributed by atoms with E-state index < -0.39 is 5.41 Å². The van der Waals surface area contributed by atoms with Crippen molar-refractivity contribution in [1.29, 1.82) is 0 Å². The van der Waals surface area contributed by atoms with Gasteiger partial charge in [0.2, 0.25) is 0 Å². The van der Waals surface area contributed by atoms with Crippen LogP contribution in [0, 0.1) is 0 Å². The van der Waals surface area contributed by atoms with E-state index in [1.165, 1.54) is 64.9 Å². The normalized spacial score (nSPS) is 11.7. The predicted molar refractivity (Wildman–Crippen MR) is 97.1 cm³/mol. The summed E-state index contributed by atoms with van der Waals surface area (Å²) in [5.74, 6) is 0.572. The molecule has 0 aliphatic heterocycles. The highest BCUT2D eigenvalue weighted by molar-refractivity contribution is 5.81. The first-order chi connectivity index (χ1) is 11.5. The van der Waals surface area contributed by atoms with Gasteiger partial charge in [-0.1, -0.05) is 69.9 Å². The first-order valence-electron chi connectivity index (χ1n) is 9.56. The Labute approximate surface area is 147 Å². The van der Waals surface area contributed by atoms with E-state index in [0.29, 0.717) is 5.69 Å². The standard InChI is InChI=1S/C20H35NO3/c1-5-6-7-8-9-10-11-12-13-14-15-17-16-18(21-24-17)20(2,3)19(22)23-4/h16H,5-15H2,1-4H3. The molecule has 1 heterocycles. The van der Waals surface area contributed by atoms with E-state index >= 15 is 0 Å². The first kappa shape index (κ1) is 20.7. The Kier molecular flexibility index (Phi) is 9.73. The molecular weight excluding hydrogens is 302 g/mol. The first-order valence-corrected chi connectivity index (χ1v) is 9.56. The van der Waals surface area contributed by atoms with Gasteiger partial charge in [-0.25, -0.2) is 0 Å². The minimum absolute atomic E-state index is 0.290. The van der Waals surface area contributed by atoms with Gasteiger partial charge in [-0.15, -0.1) is 0 Å². The van der Waals surface area contributed by atoms with E-state index in [2.05, 4.69) is 12.1 Å². The van der Waals surface area contributed by atoms with Crippen LogP contribution in [0.25, 0.3) is 0 Å². The third-order valence-electron chi connectivity index (χ3n) is 4.67. The number of esters is 1. The Balaban J connectivity index is 2.15. The maximum Gasteiger partial charge on any atom is 0.317 e. The monoisotopic (exact) mass is 337 g/mol. The summed E-state index contributed by atoms with van der Waals surface area (Å²) in [6.45, 7) is 5.87. The number of rotatable bonds is 13. The molecule has 24 heavy (non-hydrogen) atoms. The summed E-state index contributed by atoms with van der Waals surface area (Å²) in [5, 5.41) is 4.04. The summed E-state index contributed by atoms with van der Waals surface area (Å²) in [6, 6.07) is 1.89. The van der Waals surface area contributed by atoms with Gasteiger partial charge in [0.05, 0.1) is 7.11 Å². The van der Waals surface area contributed by atoms with Crippen LogP contribution in [0.15, 0.2) is 10.6 Å². The van der Waals surface area contributed by atoms with Crippen LogP contribution < -0.4 is 0 Å². The molecule has 0 atom stereocenters. The lowest BCUT2D eigenvalue weighted by molar-refractivity contribution is -0.146. The highest BCUT2D eigenvalue weighted by Crippen LogP contribution is 2.25. The van der Waals surface area contributed by atoms with E-state index in [4.69, 9.17) is 9.26 Å². The highest BCUT2D eigenvalue weighted by atomic mass is 16.5. The zero-order valence-electron chi connectivity index (χ0n) is 16.0. The summed E-state index contributed by atoms with van der Waals surface area (Å²) in [5.41, 5.74) is -0.106. The quantitative estimate of drug-likeness (QED) is 0.348. The van der Waals surface area contributed by atoms with Crippen molar-refractivity contribution in [3.63, 3.8) is 0 Å². The van der Waals surface area contributed by atoms with E-state index in [-0.39, 0.29) is 5.97 Å². The van der Waals surface area contributed by atoms with Crippen LogP contribution in [0.3, 0.4) is 0 Å². The summed E-state index contributed by atoms with van der Waals surface area (Å²) in [4.78, 5) is 11.8. The summed E-state index contributed by atoms with van der Waals surface area (Å²) >= 11 is 0. The number of carbonyl (C=O) groups excluding carboxylic acids is 1. The van der Waals surface area contributed by atoms with Crippen molar-refractivity contribution >= 4 is 5.97 Å². The van der Waals surface area contributed by atoms with Gasteiger partial charge in [0.1, 0.15) is 16.9 Å². The Hall–Kier alpha value is -1.32. The van der Waals surface area contributed by atoms with Gasteiger partial charge in [0.25, 0.3) is 0 Å². The van der Waals surface area contributed by atoms with E-state index in [9.17, 15) is 4.79 Å². The molecular formula is C20H35NO3. The third-order valence-corrected chi connectivity index (χ3v) is 4.67. The SMILES string of the molecule is CCCCCCCCCCCCc1cc(C(C)(C)C(=O)OC)no1. The number of hydrogen-bond acceptors (Lipinski definition) is 4. The minimum Gasteiger partial charge on any atom is -0.468 e. The fourth-order valence-electron chi connectivity index (χ4n) is 2.87. The van der Waals surface area contributed by atoms with Gasteiger partial charge < -0.3 is 9.26 Å². The molecule has 0 amide bonds. The van der Waals surface area contributed by atoms with Gasteiger partial charge in [-0.05, 0) is 20.3 Å². The van der Waals surface area contributed by atoms with Gasteiger partial charge >= 0.3 is 5.97 Å². The zero-order valence-corrected chi connectivity index (χ0v) is 16.0. The van der Waals surface area contributed by atoms with Gasteiger partial charge in [0.15, 0.2) is 0 Å². The molecule has 1 aromatic rings. The van der Waals surface area contributed by atoms with Crippen molar-refractivity contribution in [2.75, 3.05) is 7.11 Å². The molecule has 4 nitrogen and oxygen atoms in total. The molecule has 0 saturated heterocycles. The van der Waals surface area contributed by atoms with Crippen LogP contribution >= 0.6 is 0 Å². The Bertz CT molecular complexity index is 465. The maximum atomic E-state index is 11.8. The van der Waals surface area contributed by atoms with Gasteiger partial charge in [0, 0.05) is 12.5 Å². The van der Waals surface area contributed by atoms with E-state index in [1.54, 1.807) is 13.8 Å². The molecule has 0 aromatic carbocycles. The number of nitrogens with zero attached hydrogens (tertiary/aromatic N) is 1. The number of carbonyl (C=O) groups is 1. The zero-order chi connectivity index (χ0) is 17.8. The summed E-state index contributed by atoms with van der Waals surface area (Å²) in [7, 11) is 1.40. The van der Waals surface area contributed by atoms with Gasteiger partial charge in [-0.3, -0.25) is 4.79 Å². The molecule has 0 N–H and O–H groups in total. The molecule has 1 aromatic heterocycles. The molecule has 0 aliphatic rings. The molecule has 0 bridgehead atoms. The molecule has 4 heteroatoms. The Morgan fingerprint density at radius 3 is 2.12 bits per heavy atom. The average Bonchev–Trinajstić information content (AvgIpc) is 3.05. The minimum atomic E-state index is -0.756. The van der Waals surface area contributed by atoms with Crippen molar-refractivity contribution in [2.45, 2.75) is 96.8 Å². The number of aromatic nitrogens is 1. The lowest BCUT2D eigenvalue weighted by Crippen LogP contribution is -2.30. The molecule has 1 rings (SSSR count). The lowest BCUT2D eigenvalue weighted by Gasteiger charge is -2.17. The Morgan fingerprint density at radius 2 is 1.58 bits per heavy atom. The van der Waals surface area contributed by atoms with Crippen LogP contribution in [0.4, 0.5) is 0 Å². The summed E-state index contributed by atoms with van der Waals surface area (Å²) < 4.78 is 10.2. The Morgan fingerprint density at radius 1 is 1.04 bits per heavy atom. The second-order valence-corrected chi connectivity index (χ2v) is 7.23. The topological polar surface area (TPSA) is 52.3 Å². The fraction of sp³-hybridized carbons (Fsp3) is 0.800. The molecule has 0 spiro atoms. The van der Waals surface area contributed by atoms with E-state index in [0.717, 1.165) is 18.6 Å². The van der Waals surface area contributed by atoms with Crippen molar-refractivity contribution in [2.24, 2.45) is 0 Å². The van der Waals surface area contributed by atoms with Crippen molar-refractivity contribution < 1.29 is 14.1 Å². The van der Waals surface area contributed by atoms with Crippen LogP contribution in [0.5, 0.6) is 0 Å². The van der Waals surface area contributed by atoms with Crippen LogP contribution in [-0.4, -0.2) is 18.2 Å². The maximum absolute atomic E-state index is 11.8. The number of aryl methyl sites for hydroxylation is 1. The molecule has 0 radical (unpaired) electrons. The number of ether oxygens (including phenoxy) is 1. The van der Waals surface area contributed by atoms with Crippen molar-refractivity contribution in [3.05, 3.63) is 17.5 Å². The number of methoxy groups -OCH3 is 1. The number of unbranched alkanes of at least 4 members (excludes halogenated alkanes) is 9. The number of hydrogen-bond donors (Lipinski definition) is 0. The third kappa shape index (κ3) is 7.06. The smallest absolute Gasteiger partial charge is 0.317 e. The molecule has 0 aliphatic carbocycles. The molecule has 138 valence electrons. The van der Waals surface area contributed by atoms with Crippen LogP contribution in [-0.2, 0) is 21.4 Å². The van der Waals surface area contributed by atoms with Crippen LogP contribution in [0.1, 0.15) is 96.4 Å². The van der Waals surface area contributed by atoms with Crippen molar-refractivity contribution in [1.82, 2.24) is 5.16 Å². The average molecular weight is 338 g/mol. The fourth-order valence-corrected chi connectivity index (χ4v) is 2.87. The summed E-state index contributed by atoms with van der Waals surface area (Å²) in [6.07, 6.45) is 14.1. The second-order valence-electron chi connectivity index (χ2n) is 7.23. The molecule has 0 saturated carbocycles. The van der Waals surface area contributed by atoms with Crippen LogP contribution in [0.2, 0.25) is 0 Å². The predicted octanol–water partition coefficient (Wildman–Crippen LogP) is 5.59. The van der Waals surface area contributed by atoms with Gasteiger partial charge in [-0.2, -0.15) is 0 Å².